The van der Waals surface area contributed by atoms with Gasteiger partial charge in [-0.15, -0.1) is 0 Å². The molecule has 0 radical (unpaired) electrons. The number of methoxy groups -OCH3 is 1. The number of hydrazone groups is 1. The molecule has 34 heavy (non-hydrogen) atoms. The summed E-state index contributed by atoms with van der Waals surface area (Å²) in [7, 11) is 1.62. The maximum Gasteiger partial charge on any atom is 0.289 e. The number of carbonyl (C=O) groups excluding carboxylic acids is 1. The molecule has 0 spiro atoms. The maximum absolute atomic E-state index is 12.4. The lowest BCUT2D eigenvalue weighted by Gasteiger charge is -2.10. The summed E-state index contributed by atoms with van der Waals surface area (Å²) >= 11 is 0. The smallest absolute Gasteiger partial charge is 0.289 e. The number of nitrogens with one attached hydrogen (secondary N) is 2. The number of carbonyl (C=O) groups is 1. The predicted octanol–water partition coefficient (Wildman–Crippen LogP) is 5.09. The number of nitrogens with zero attached hydrogens (tertiary/aromatic N) is 2. The number of allylic oxidation sites excluding steroid dienone is 1. The minimum atomic E-state index is -0.400. The van der Waals surface area contributed by atoms with Gasteiger partial charge in [0.15, 0.2) is 0 Å². The molecule has 4 aromatic rings. The van der Waals surface area contributed by atoms with Crippen molar-refractivity contribution in [2.24, 2.45) is 5.10 Å². The number of hydrogen-bond donors (Lipinski definition) is 2. The van der Waals surface area contributed by atoms with Gasteiger partial charge >= 0.3 is 0 Å². The Bertz CT molecular complexity index is 1300. The molecular weight excluding hydrogens is 428 g/mol. The quantitative estimate of drug-likeness (QED) is 0.273. The Balaban J connectivity index is 1.38. The maximum atomic E-state index is 12.4. The van der Waals surface area contributed by atoms with Crippen LogP contribution in [0.25, 0.3) is 17.3 Å². The van der Waals surface area contributed by atoms with E-state index in [0.29, 0.717) is 23.7 Å². The molecule has 0 unspecified atom stereocenters. The normalized spacial score (nSPS) is 11.1. The van der Waals surface area contributed by atoms with Crippen LogP contribution >= 0.6 is 0 Å². The molecule has 1 aromatic heterocycles. The van der Waals surface area contributed by atoms with Crippen LogP contribution in [-0.2, 0) is 6.61 Å². The number of hydrogen-bond acceptors (Lipinski definition) is 5. The fourth-order valence-electron chi connectivity index (χ4n) is 3.27. The lowest BCUT2D eigenvalue weighted by Crippen LogP contribution is -2.17. The Hall–Kier alpha value is -4.65. The summed E-state index contributed by atoms with van der Waals surface area (Å²) in [5.41, 5.74) is 6.15. The number of ether oxygens (including phenoxy) is 2. The van der Waals surface area contributed by atoms with Gasteiger partial charge in [0.2, 0.25) is 0 Å². The molecule has 0 aliphatic rings. The van der Waals surface area contributed by atoms with E-state index in [-0.39, 0.29) is 0 Å². The van der Waals surface area contributed by atoms with Crippen LogP contribution in [0.1, 0.15) is 21.6 Å². The minimum absolute atomic E-state index is 0.290. The Labute approximate surface area is 197 Å². The van der Waals surface area contributed by atoms with Crippen LogP contribution in [0.15, 0.2) is 96.1 Å². The van der Waals surface area contributed by atoms with Gasteiger partial charge in [0.25, 0.3) is 5.91 Å². The predicted molar refractivity (Wildman–Crippen MR) is 133 cm³/mol. The van der Waals surface area contributed by atoms with Crippen molar-refractivity contribution in [2.75, 3.05) is 7.11 Å². The summed E-state index contributed by atoms with van der Waals surface area (Å²) < 4.78 is 11.3. The molecule has 7 nitrogen and oxygen atoms in total. The van der Waals surface area contributed by atoms with Crippen molar-refractivity contribution in [2.45, 2.75) is 6.61 Å². The van der Waals surface area contributed by atoms with Crippen molar-refractivity contribution in [3.63, 3.8) is 0 Å². The minimum Gasteiger partial charge on any atom is -0.496 e. The van der Waals surface area contributed by atoms with Crippen molar-refractivity contribution < 1.29 is 14.3 Å². The zero-order valence-corrected chi connectivity index (χ0v) is 18.6. The molecule has 0 atom stereocenters. The number of aromatic nitrogens is 2. The molecule has 0 bridgehead atoms. The molecule has 1 amide bonds. The first-order valence-electron chi connectivity index (χ1n) is 10.7. The molecule has 7 heteroatoms. The molecule has 0 aliphatic heterocycles. The third kappa shape index (κ3) is 5.77. The Kier molecular flexibility index (Phi) is 7.48. The van der Waals surface area contributed by atoms with Crippen molar-refractivity contribution in [1.82, 2.24) is 15.6 Å². The van der Waals surface area contributed by atoms with Gasteiger partial charge in [-0.05, 0) is 42.0 Å². The second-order valence-electron chi connectivity index (χ2n) is 7.26. The summed E-state index contributed by atoms with van der Waals surface area (Å²) in [6.07, 6.45) is 5.06. The fraction of sp³-hybridized carbons (Fsp3) is 0.0741. The van der Waals surface area contributed by atoms with E-state index in [1.807, 2.05) is 84.9 Å². The summed E-state index contributed by atoms with van der Waals surface area (Å²) in [6.45, 7) is 0.437. The van der Waals surface area contributed by atoms with Crippen LogP contribution in [0.2, 0.25) is 0 Å². The summed E-state index contributed by atoms with van der Waals surface area (Å²) in [5.74, 6) is 1.04. The van der Waals surface area contributed by atoms with Crippen LogP contribution in [0.4, 0.5) is 0 Å². The second kappa shape index (κ2) is 11.3. The lowest BCUT2D eigenvalue weighted by atomic mass is 10.1. The van der Waals surface area contributed by atoms with E-state index in [2.05, 4.69) is 20.7 Å². The van der Waals surface area contributed by atoms with Crippen LogP contribution in [-0.4, -0.2) is 29.4 Å². The number of H-pyrrole nitrogens is 1. The molecule has 3 aromatic carbocycles. The summed E-state index contributed by atoms with van der Waals surface area (Å²) in [6, 6.07) is 26.8. The third-order valence-corrected chi connectivity index (χ3v) is 4.96. The number of para-hydroxylation sites is 2. The van der Waals surface area contributed by atoms with Gasteiger partial charge in [0.05, 0.1) is 12.8 Å². The van der Waals surface area contributed by atoms with E-state index in [1.165, 1.54) is 6.21 Å². The second-order valence-corrected chi connectivity index (χ2v) is 7.26. The molecule has 4 rings (SSSR count). The van der Waals surface area contributed by atoms with E-state index in [4.69, 9.17) is 9.47 Å². The molecule has 0 saturated carbocycles. The van der Waals surface area contributed by atoms with Crippen molar-refractivity contribution in [1.29, 1.82) is 0 Å². The van der Waals surface area contributed by atoms with Gasteiger partial charge in [0, 0.05) is 17.3 Å². The average Bonchev–Trinajstić information content (AvgIpc) is 3.38. The highest BCUT2D eigenvalue weighted by Gasteiger charge is 2.13. The zero-order chi connectivity index (χ0) is 23.6. The lowest BCUT2D eigenvalue weighted by molar-refractivity contribution is 0.0950. The van der Waals surface area contributed by atoms with Gasteiger partial charge in [-0.3, -0.25) is 9.89 Å². The topological polar surface area (TPSA) is 88.6 Å². The first kappa shape index (κ1) is 22.5. The van der Waals surface area contributed by atoms with Crippen LogP contribution in [0.3, 0.4) is 0 Å². The Morgan fingerprint density at radius 2 is 1.74 bits per heavy atom. The van der Waals surface area contributed by atoms with Crippen LogP contribution < -0.4 is 14.9 Å². The van der Waals surface area contributed by atoms with Gasteiger partial charge in [-0.25, -0.2) is 5.43 Å². The molecular formula is C27H24N4O3. The summed E-state index contributed by atoms with van der Waals surface area (Å²) in [4.78, 5) is 12.4. The molecule has 2 N–H and O–H groups in total. The van der Waals surface area contributed by atoms with Gasteiger partial charge in [-0.1, -0.05) is 60.7 Å². The number of amides is 1. The van der Waals surface area contributed by atoms with Crippen LogP contribution in [0, 0.1) is 0 Å². The van der Waals surface area contributed by atoms with Gasteiger partial charge in [-0.2, -0.15) is 10.2 Å². The largest absolute Gasteiger partial charge is 0.496 e. The SMILES string of the molecule is COc1ccccc1/C=C/C=N\NC(=O)c1cc(-c2ccccc2OCc2ccccc2)n[nH]1. The number of aromatic amines is 1. The zero-order valence-electron chi connectivity index (χ0n) is 18.6. The highest BCUT2D eigenvalue weighted by molar-refractivity contribution is 5.94. The first-order valence-corrected chi connectivity index (χ1v) is 10.7. The molecule has 0 fully saturated rings. The monoisotopic (exact) mass is 452 g/mol. The van der Waals surface area contributed by atoms with Gasteiger partial charge in [0.1, 0.15) is 23.8 Å². The van der Waals surface area contributed by atoms with Crippen molar-refractivity contribution in [3.8, 4) is 22.8 Å². The van der Waals surface area contributed by atoms with Gasteiger partial charge < -0.3 is 9.47 Å². The van der Waals surface area contributed by atoms with E-state index in [1.54, 1.807) is 19.3 Å². The highest BCUT2D eigenvalue weighted by Crippen LogP contribution is 2.29. The van der Waals surface area contributed by atoms with E-state index < -0.39 is 5.91 Å². The van der Waals surface area contributed by atoms with E-state index in [0.717, 1.165) is 22.4 Å². The summed E-state index contributed by atoms with van der Waals surface area (Å²) in [5, 5.41) is 11.0. The average molecular weight is 453 g/mol. The highest BCUT2D eigenvalue weighted by atomic mass is 16.5. The van der Waals surface area contributed by atoms with E-state index >= 15 is 0 Å². The number of benzene rings is 3. The molecule has 170 valence electrons. The third-order valence-electron chi connectivity index (χ3n) is 4.96. The Morgan fingerprint density at radius 1 is 1.00 bits per heavy atom. The molecule has 0 aliphatic carbocycles. The first-order chi connectivity index (χ1) is 16.7. The van der Waals surface area contributed by atoms with Crippen LogP contribution in [0.5, 0.6) is 11.5 Å². The molecule has 1 heterocycles. The molecule has 0 saturated heterocycles. The van der Waals surface area contributed by atoms with E-state index in [9.17, 15) is 4.79 Å². The number of rotatable bonds is 9. The van der Waals surface area contributed by atoms with Crippen molar-refractivity contribution >= 4 is 18.2 Å². The fourth-order valence-corrected chi connectivity index (χ4v) is 3.27. The Morgan fingerprint density at radius 3 is 2.56 bits per heavy atom. The standard InChI is InChI=1S/C27H24N4O3/c1-33-25-15-7-5-12-21(25)13-9-17-28-31-27(32)24-18-23(29-30-24)22-14-6-8-16-26(22)34-19-20-10-3-2-4-11-20/h2-18H,19H2,1H3,(H,29,30)(H,31,32)/b13-9+,28-17-. The van der Waals surface area contributed by atoms with Crippen molar-refractivity contribution in [3.05, 3.63) is 108 Å².